The minimum absolute atomic E-state index is 0.0336. The molecule has 6 nitrogen and oxygen atoms in total. The summed E-state index contributed by atoms with van der Waals surface area (Å²) in [4.78, 5) is 31.5. The maximum absolute atomic E-state index is 13.0. The lowest BCUT2D eigenvalue weighted by molar-refractivity contribution is -0.137. The molecule has 2 saturated heterocycles. The molecule has 2 aromatic rings. The van der Waals surface area contributed by atoms with E-state index in [2.05, 4.69) is 41.4 Å². The van der Waals surface area contributed by atoms with Gasteiger partial charge in [0.05, 0.1) is 5.00 Å². The van der Waals surface area contributed by atoms with E-state index in [-0.39, 0.29) is 17.9 Å². The first-order valence-electron chi connectivity index (χ1n) is 10.3. The predicted octanol–water partition coefficient (Wildman–Crippen LogP) is 3.65. The number of amides is 3. The third-order valence-corrected chi connectivity index (χ3v) is 6.63. The number of hydrogen-bond donors (Lipinski definition) is 1. The molecule has 1 aromatic carbocycles. The number of rotatable bonds is 3. The highest BCUT2D eigenvalue weighted by Gasteiger charge is 2.31. The molecule has 1 N–H and O–H groups in total. The number of nitrogens with zero attached hydrogens (tertiary/aromatic N) is 3. The second-order valence-corrected chi connectivity index (χ2v) is 8.77. The summed E-state index contributed by atoms with van der Waals surface area (Å²) in [6.07, 6.45) is 1.49. The van der Waals surface area contributed by atoms with Gasteiger partial charge in [-0.3, -0.25) is 10.1 Å². The molecule has 3 amide bonds. The number of carbonyl (C=O) groups is 2. The lowest BCUT2D eigenvalue weighted by atomic mass is 9.95. The van der Waals surface area contributed by atoms with Gasteiger partial charge in [0.2, 0.25) is 5.91 Å². The smallest absolute Gasteiger partial charge is 0.322 e. The second kappa shape index (κ2) is 8.86. The standard InChI is InChI=1S/C22H28N4O2S/c1-17-4-2-5-19(16-17)24-11-13-25(14-12-24)21(27)18-7-9-26(10-8-18)22(28)23-20-6-3-15-29-20/h2-6,15-16,18H,7-14H2,1H3,(H,23,28). The van der Waals surface area contributed by atoms with Crippen LogP contribution in [0.15, 0.2) is 41.8 Å². The first-order valence-corrected chi connectivity index (χ1v) is 11.2. The third kappa shape index (κ3) is 4.72. The molecule has 7 heteroatoms. The van der Waals surface area contributed by atoms with Crippen LogP contribution in [-0.2, 0) is 4.79 Å². The predicted molar refractivity (Wildman–Crippen MR) is 118 cm³/mol. The average Bonchev–Trinajstić information content (AvgIpc) is 3.26. The van der Waals surface area contributed by atoms with Crippen LogP contribution in [0.1, 0.15) is 18.4 Å². The van der Waals surface area contributed by atoms with Gasteiger partial charge >= 0.3 is 6.03 Å². The highest BCUT2D eigenvalue weighted by atomic mass is 32.1. The normalized spacial score (nSPS) is 18.0. The Morgan fingerprint density at radius 1 is 0.966 bits per heavy atom. The number of urea groups is 1. The summed E-state index contributed by atoms with van der Waals surface area (Å²) < 4.78 is 0. The van der Waals surface area contributed by atoms with Gasteiger partial charge in [0.25, 0.3) is 0 Å². The molecular formula is C22H28N4O2S. The number of likely N-dealkylation sites (tertiary alicyclic amines) is 1. The van der Waals surface area contributed by atoms with E-state index in [0.717, 1.165) is 44.0 Å². The Morgan fingerprint density at radius 3 is 2.38 bits per heavy atom. The van der Waals surface area contributed by atoms with E-state index in [1.54, 1.807) is 0 Å². The Balaban J connectivity index is 1.24. The summed E-state index contributed by atoms with van der Waals surface area (Å²) in [5.74, 6) is 0.290. The molecule has 0 spiro atoms. The lowest BCUT2D eigenvalue weighted by Crippen LogP contribution is -2.52. The van der Waals surface area contributed by atoms with Crippen LogP contribution in [0.2, 0.25) is 0 Å². The summed E-state index contributed by atoms with van der Waals surface area (Å²) in [5, 5.41) is 5.73. The molecule has 29 heavy (non-hydrogen) atoms. The largest absolute Gasteiger partial charge is 0.368 e. The van der Waals surface area contributed by atoms with Gasteiger partial charge in [-0.15, -0.1) is 11.3 Å². The Hall–Kier alpha value is -2.54. The molecular weight excluding hydrogens is 384 g/mol. The number of aryl methyl sites for hydroxylation is 1. The quantitative estimate of drug-likeness (QED) is 0.837. The number of hydrogen-bond acceptors (Lipinski definition) is 4. The van der Waals surface area contributed by atoms with Crippen LogP contribution < -0.4 is 10.2 Å². The SMILES string of the molecule is Cc1cccc(N2CCN(C(=O)C3CCN(C(=O)Nc4cccs4)CC3)CC2)c1. The van der Waals surface area contributed by atoms with Crippen molar-refractivity contribution in [2.45, 2.75) is 19.8 Å². The summed E-state index contributed by atoms with van der Waals surface area (Å²) in [6.45, 7) is 6.66. The van der Waals surface area contributed by atoms with Crippen LogP contribution in [0.4, 0.5) is 15.5 Å². The van der Waals surface area contributed by atoms with Crippen molar-refractivity contribution in [3.63, 3.8) is 0 Å². The van der Waals surface area contributed by atoms with Gasteiger partial charge in [-0.25, -0.2) is 4.79 Å². The number of nitrogens with one attached hydrogen (secondary N) is 1. The molecule has 3 heterocycles. The Labute approximate surface area is 176 Å². The number of carbonyl (C=O) groups excluding carboxylic acids is 2. The summed E-state index contributed by atoms with van der Waals surface area (Å²) in [5.41, 5.74) is 2.50. The molecule has 0 aliphatic carbocycles. The van der Waals surface area contributed by atoms with Crippen LogP contribution >= 0.6 is 11.3 Å². The van der Waals surface area contributed by atoms with Crippen molar-refractivity contribution in [3.05, 3.63) is 47.3 Å². The maximum atomic E-state index is 13.0. The van der Waals surface area contributed by atoms with E-state index < -0.39 is 0 Å². The molecule has 2 fully saturated rings. The molecule has 154 valence electrons. The van der Waals surface area contributed by atoms with Gasteiger partial charge in [0.1, 0.15) is 0 Å². The monoisotopic (exact) mass is 412 g/mol. The van der Waals surface area contributed by atoms with Gasteiger partial charge in [-0.2, -0.15) is 0 Å². The first-order chi connectivity index (χ1) is 14.1. The molecule has 0 bridgehead atoms. The van der Waals surface area contributed by atoms with E-state index in [1.807, 2.05) is 27.3 Å². The molecule has 0 saturated carbocycles. The number of piperidine rings is 1. The van der Waals surface area contributed by atoms with E-state index in [1.165, 1.54) is 22.6 Å². The zero-order chi connectivity index (χ0) is 20.2. The van der Waals surface area contributed by atoms with Crippen molar-refractivity contribution in [2.24, 2.45) is 5.92 Å². The zero-order valence-electron chi connectivity index (χ0n) is 16.8. The topological polar surface area (TPSA) is 55.9 Å². The molecule has 0 atom stereocenters. The molecule has 0 radical (unpaired) electrons. The Kier molecular flexibility index (Phi) is 6.04. The van der Waals surface area contributed by atoms with E-state index in [0.29, 0.717) is 13.1 Å². The first kappa shape index (κ1) is 19.8. The minimum atomic E-state index is -0.0647. The zero-order valence-corrected chi connectivity index (χ0v) is 17.7. The van der Waals surface area contributed by atoms with Crippen LogP contribution in [0.25, 0.3) is 0 Å². The summed E-state index contributed by atoms with van der Waals surface area (Å²) in [6, 6.07) is 12.3. The van der Waals surface area contributed by atoms with Crippen molar-refractivity contribution in [1.82, 2.24) is 9.80 Å². The van der Waals surface area contributed by atoms with Crippen molar-refractivity contribution in [2.75, 3.05) is 49.5 Å². The molecule has 2 aliphatic heterocycles. The van der Waals surface area contributed by atoms with Crippen molar-refractivity contribution in [3.8, 4) is 0 Å². The molecule has 1 aromatic heterocycles. The van der Waals surface area contributed by atoms with Crippen molar-refractivity contribution < 1.29 is 9.59 Å². The Bertz CT molecular complexity index is 838. The highest BCUT2D eigenvalue weighted by molar-refractivity contribution is 7.14. The van der Waals surface area contributed by atoms with Crippen molar-refractivity contribution in [1.29, 1.82) is 0 Å². The third-order valence-electron chi connectivity index (χ3n) is 5.84. The summed E-state index contributed by atoms with van der Waals surface area (Å²) in [7, 11) is 0. The fraction of sp³-hybridized carbons (Fsp3) is 0.455. The van der Waals surface area contributed by atoms with Gasteiger partial charge in [0, 0.05) is 50.9 Å². The van der Waals surface area contributed by atoms with E-state index in [9.17, 15) is 9.59 Å². The fourth-order valence-corrected chi connectivity index (χ4v) is 4.74. The van der Waals surface area contributed by atoms with Crippen LogP contribution in [0.3, 0.4) is 0 Å². The van der Waals surface area contributed by atoms with Gasteiger partial charge in [-0.1, -0.05) is 12.1 Å². The van der Waals surface area contributed by atoms with Gasteiger partial charge in [-0.05, 0) is 55.0 Å². The summed E-state index contributed by atoms with van der Waals surface area (Å²) >= 11 is 1.52. The van der Waals surface area contributed by atoms with E-state index in [4.69, 9.17) is 0 Å². The minimum Gasteiger partial charge on any atom is -0.368 e. The lowest BCUT2D eigenvalue weighted by Gasteiger charge is -2.39. The van der Waals surface area contributed by atoms with E-state index >= 15 is 0 Å². The van der Waals surface area contributed by atoms with Crippen molar-refractivity contribution >= 4 is 34.0 Å². The second-order valence-electron chi connectivity index (χ2n) is 7.82. The van der Waals surface area contributed by atoms with Crippen LogP contribution in [0.5, 0.6) is 0 Å². The number of anilines is 2. The highest BCUT2D eigenvalue weighted by Crippen LogP contribution is 2.24. The molecule has 0 unspecified atom stereocenters. The Morgan fingerprint density at radius 2 is 1.72 bits per heavy atom. The number of benzene rings is 1. The number of piperazine rings is 1. The average molecular weight is 413 g/mol. The maximum Gasteiger partial charge on any atom is 0.322 e. The van der Waals surface area contributed by atoms with Gasteiger partial charge in [0.15, 0.2) is 0 Å². The molecule has 2 aliphatic rings. The van der Waals surface area contributed by atoms with Crippen LogP contribution in [0, 0.1) is 12.8 Å². The number of thiophene rings is 1. The molecule has 4 rings (SSSR count). The van der Waals surface area contributed by atoms with Gasteiger partial charge < -0.3 is 14.7 Å². The fourth-order valence-electron chi connectivity index (χ4n) is 4.13. The van der Waals surface area contributed by atoms with Crippen LogP contribution in [-0.4, -0.2) is 61.0 Å².